The van der Waals surface area contributed by atoms with Crippen LogP contribution in [-0.4, -0.2) is 45.8 Å². The lowest BCUT2D eigenvalue weighted by molar-refractivity contribution is -0.125. The molecule has 0 aliphatic carbocycles. The Balaban J connectivity index is 1.27. The van der Waals surface area contributed by atoms with E-state index in [4.69, 9.17) is 4.98 Å². The lowest BCUT2D eigenvalue weighted by Crippen LogP contribution is -2.48. The number of amides is 4. The lowest BCUT2D eigenvalue weighted by Gasteiger charge is -2.32. The van der Waals surface area contributed by atoms with E-state index < -0.39 is 11.6 Å². The number of likely N-dealkylation sites (tertiary alicyclic amines) is 1. The summed E-state index contributed by atoms with van der Waals surface area (Å²) in [4.78, 5) is 48.5. The van der Waals surface area contributed by atoms with E-state index in [1.165, 1.54) is 0 Å². The van der Waals surface area contributed by atoms with Crippen LogP contribution in [0, 0.1) is 12.8 Å². The molecule has 0 spiro atoms. The first kappa shape index (κ1) is 22.5. The molecule has 2 aliphatic rings. The molecule has 2 aromatic heterocycles. The number of fused-ring (bicyclic) bond motifs is 1. The average molecular weight is 478 g/mol. The van der Waals surface area contributed by atoms with Crippen LogP contribution < -0.4 is 10.6 Å². The second-order valence-corrected chi connectivity index (χ2v) is 10.5. The zero-order valence-electron chi connectivity index (χ0n) is 19.4. The van der Waals surface area contributed by atoms with Crippen LogP contribution in [-0.2, 0) is 10.3 Å². The third-order valence-electron chi connectivity index (χ3n) is 6.88. The van der Waals surface area contributed by atoms with Gasteiger partial charge < -0.3 is 10.2 Å². The molecule has 4 heterocycles. The smallest absolute Gasteiger partial charge is 0.322 e. The van der Waals surface area contributed by atoms with Crippen LogP contribution in [0.2, 0.25) is 0 Å². The summed E-state index contributed by atoms with van der Waals surface area (Å²) in [6, 6.07) is 8.64. The first-order chi connectivity index (χ1) is 16.3. The number of piperidine rings is 1. The molecule has 34 heavy (non-hydrogen) atoms. The third-order valence-corrected chi connectivity index (χ3v) is 8.03. The summed E-state index contributed by atoms with van der Waals surface area (Å²) in [6.45, 7) is 7.14. The van der Waals surface area contributed by atoms with Crippen molar-refractivity contribution in [3.05, 3.63) is 58.2 Å². The van der Waals surface area contributed by atoms with Crippen LogP contribution in [0.25, 0.3) is 10.3 Å². The maximum absolute atomic E-state index is 13.1. The maximum atomic E-state index is 13.1. The van der Waals surface area contributed by atoms with Gasteiger partial charge in [-0.1, -0.05) is 26.0 Å². The minimum Gasteiger partial charge on any atom is -0.339 e. The van der Waals surface area contributed by atoms with E-state index in [2.05, 4.69) is 21.7 Å². The van der Waals surface area contributed by atoms with Crippen LogP contribution in [0.3, 0.4) is 0 Å². The molecule has 9 heteroatoms. The summed E-state index contributed by atoms with van der Waals surface area (Å²) in [5, 5.41) is 6.20. The Hall–Kier alpha value is -3.33. The minimum atomic E-state index is -1.12. The van der Waals surface area contributed by atoms with E-state index in [0.717, 1.165) is 33.8 Å². The average Bonchev–Trinajstić information content (AvgIpc) is 3.39. The number of urea groups is 1. The van der Waals surface area contributed by atoms with Crippen molar-refractivity contribution in [3.63, 3.8) is 0 Å². The Kier molecular flexibility index (Phi) is 5.59. The van der Waals surface area contributed by atoms with Crippen molar-refractivity contribution in [3.8, 4) is 0 Å². The first-order valence-corrected chi connectivity index (χ1v) is 12.4. The molecular formula is C25H27N5O3S. The summed E-state index contributed by atoms with van der Waals surface area (Å²) >= 11 is 1.70. The number of pyridine rings is 1. The first-order valence-electron chi connectivity index (χ1n) is 11.5. The summed E-state index contributed by atoms with van der Waals surface area (Å²) < 4.78 is 1.11. The fraction of sp³-hybridized carbons (Fsp3) is 0.400. The number of imide groups is 1. The van der Waals surface area contributed by atoms with Gasteiger partial charge in [0.1, 0.15) is 5.54 Å². The quantitative estimate of drug-likeness (QED) is 0.558. The molecule has 2 saturated heterocycles. The molecule has 176 valence electrons. The Morgan fingerprint density at radius 1 is 1.18 bits per heavy atom. The lowest BCUT2D eigenvalue weighted by atomic mass is 9.79. The zero-order chi connectivity index (χ0) is 24.0. The number of hydrogen-bond donors (Lipinski definition) is 2. The van der Waals surface area contributed by atoms with Crippen molar-refractivity contribution in [1.82, 2.24) is 25.5 Å². The van der Waals surface area contributed by atoms with Gasteiger partial charge in [0.2, 0.25) is 0 Å². The number of nitrogens with one attached hydrogen (secondary N) is 2. The van der Waals surface area contributed by atoms with Gasteiger partial charge in [-0.25, -0.2) is 14.8 Å². The Labute approximate surface area is 201 Å². The van der Waals surface area contributed by atoms with Crippen molar-refractivity contribution >= 4 is 39.5 Å². The standard InChI is InChI=1S/C25H27N5O3S/c1-14(2)25(23(32)28-24(33)29-25)18-6-4-17(5-7-18)22(31)30-10-8-16(9-11-30)21-27-20-19(34-21)12-15(3)13-26-20/h4-7,12-14,16H,8-11H2,1-3H3,(H2,28,29,32,33). The summed E-state index contributed by atoms with van der Waals surface area (Å²) in [5.74, 6) is -0.207. The van der Waals surface area contributed by atoms with E-state index in [0.29, 0.717) is 30.1 Å². The van der Waals surface area contributed by atoms with Gasteiger partial charge in [-0.3, -0.25) is 14.9 Å². The second-order valence-electron chi connectivity index (χ2n) is 9.40. The number of aryl methyl sites for hydroxylation is 1. The normalized spacial score (nSPS) is 21.2. The Morgan fingerprint density at radius 3 is 2.50 bits per heavy atom. The highest BCUT2D eigenvalue weighted by molar-refractivity contribution is 7.18. The number of rotatable bonds is 4. The molecule has 1 unspecified atom stereocenters. The van der Waals surface area contributed by atoms with E-state index >= 15 is 0 Å². The van der Waals surface area contributed by atoms with Crippen molar-refractivity contribution in [2.45, 2.75) is 45.1 Å². The predicted molar refractivity (Wildman–Crippen MR) is 130 cm³/mol. The summed E-state index contributed by atoms with van der Waals surface area (Å²) in [7, 11) is 0. The van der Waals surface area contributed by atoms with Gasteiger partial charge in [0, 0.05) is 30.8 Å². The van der Waals surface area contributed by atoms with Gasteiger partial charge in [-0.05, 0) is 55.0 Å². The van der Waals surface area contributed by atoms with Crippen molar-refractivity contribution in [2.75, 3.05) is 13.1 Å². The number of hydrogen-bond acceptors (Lipinski definition) is 6. The molecule has 0 saturated carbocycles. The fourth-order valence-electron chi connectivity index (χ4n) is 4.91. The fourth-order valence-corrected chi connectivity index (χ4v) is 6.10. The van der Waals surface area contributed by atoms with Gasteiger partial charge >= 0.3 is 6.03 Å². The molecule has 1 atom stereocenters. The Bertz CT molecular complexity index is 1280. The Morgan fingerprint density at radius 2 is 1.88 bits per heavy atom. The molecule has 8 nitrogen and oxygen atoms in total. The van der Waals surface area contributed by atoms with Gasteiger partial charge in [0.05, 0.1) is 9.71 Å². The number of carbonyl (C=O) groups is 3. The van der Waals surface area contributed by atoms with Crippen LogP contribution in [0.1, 0.15) is 59.1 Å². The SMILES string of the molecule is Cc1cnc2nc(C3CCN(C(=O)c4ccc(C5(C(C)C)NC(=O)NC5=O)cc4)CC3)sc2c1. The largest absolute Gasteiger partial charge is 0.339 e. The molecule has 2 fully saturated rings. The molecule has 2 aliphatic heterocycles. The van der Waals surface area contributed by atoms with Crippen LogP contribution >= 0.6 is 11.3 Å². The zero-order valence-corrected chi connectivity index (χ0v) is 20.2. The van der Waals surface area contributed by atoms with E-state index in [-0.39, 0.29) is 17.7 Å². The molecule has 3 aromatic rings. The van der Waals surface area contributed by atoms with Crippen LogP contribution in [0.5, 0.6) is 0 Å². The molecule has 4 amide bonds. The van der Waals surface area contributed by atoms with E-state index in [1.54, 1.807) is 35.6 Å². The number of carbonyl (C=O) groups excluding carboxylic acids is 3. The molecule has 1 aromatic carbocycles. The monoisotopic (exact) mass is 477 g/mol. The molecule has 0 bridgehead atoms. The summed E-state index contributed by atoms with van der Waals surface area (Å²) in [6.07, 6.45) is 3.57. The van der Waals surface area contributed by atoms with Gasteiger partial charge in [-0.2, -0.15) is 0 Å². The molecular weight excluding hydrogens is 450 g/mol. The maximum Gasteiger partial charge on any atom is 0.322 e. The van der Waals surface area contributed by atoms with Crippen LogP contribution in [0.15, 0.2) is 36.5 Å². The van der Waals surface area contributed by atoms with E-state index in [9.17, 15) is 14.4 Å². The minimum absolute atomic E-state index is 0.0231. The van der Waals surface area contributed by atoms with Gasteiger partial charge in [0.15, 0.2) is 5.65 Å². The van der Waals surface area contributed by atoms with E-state index in [1.807, 2.05) is 31.9 Å². The number of aromatic nitrogens is 2. The molecule has 0 radical (unpaired) electrons. The summed E-state index contributed by atoms with van der Waals surface area (Å²) in [5.41, 5.74) is 2.05. The number of nitrogens with zero attached hydrogens (tertiary/aromatic N) is 3. The van der Waals surface area contributed by atoms with Gasteiger partial charge in [0.25, 0.3) is 11.8 Å². The van der Waals surface area contributed by atoms with Crippen LogP contribution in [0.4, 0.5) is 4.79 Å². The topological polar surface area (TPSA) is 104 Å². The predicted octanol–water partition coefficient (Wildman–Crippen LogP) is 3.71. The number of thiazole rings is 1. The van der Waals surface area contributed by atoms with Gasteiger partial charge in [-0.15, -0.1) is 11.3 Å². The highest BCUT2D eigenvalue weighted by Gasteiger charge is 2.50. The highest BCUT2D eigenvalue weighted by atomic mass is 32.1. The highest BCUT2D eigenvalue weighted by Crippen LogP contribution is 2.35. The third kappa shape index (κ3) is 3.73. The van der Waals surface area contributed by atoms with Crippen molar-refractivity contribution in [2.24, 2.45) is 5.92 Å². The second kappa shape index (κ2) is 8.47. The number of benzene rings is 1. The van der Waals surface area contributed by atoms with Crippen molar-refractivity contribution < 1.29 is 14.4 Å². The van der Waals surface area contributed by atoms with Crippen molar-refractivity contribution in [1.29, 1.82) is 0 Å². The molecule has 2 N–H and O–H groups in total. The molecule has 5 rings (SSSR count).